The van der Waals surface area contributed by atoms with Crippen LogP contribution in [0, 0.1) is 5.92 Å². The normalized spacial score (nSPS) is 24.9. The minimum atomic E-state index is 0.679. The van der Waals surface area contributed by atoms with E-state index in [9.17, 15) is 0 Å². The molecule has 1 fully saturated rings. The Morgan fingerprint density at radius 1 is 0.958 bits per heavy atom. The average Bonchev–Trinajstić information content (AvgIpc) is 3.09. The first kappa shape index (κ1) is 16.1. The molecule has 0 N–H and O–H groups in total. The van der Waals surface area contributed by atoms with Crippen molar-refractivity contribution in [2.75, 3.05) is 18.0 Å². The fraction of sp³-hybridized carbons (Fsp3) is 0.571. The Hall–Kier alpha value is -1.35. The molecule has 2 aliphatic rings. The zero-order valence-corrected chi connectivity index (χ0v) is 15.9. The molecule has 0 radical (unpaired) electrons. The Bertz CT molecular complexity index is 712. The molecular weight excluding hydrogens is 312 g/mol. The van der Waals surface area contributed by atoms with Crippen LogP contribution in [0.2, 0.25) is 0 Å². The number of nitrogens with zero attached hydrogens (tertiary/aromatic N) is 2. The van der Waals surface area contributed by atoms with Crippen LogP contribution in [0.1, 0.15) is 69.4 Å². The summed E-state index contributed by atoms with van der Waals surface area (Å²) >= 11 is 1.81. The molecule has 2 aromatic rings. The summed E-state index contributed by atoms with van der Waals surface area (Å²) in [5, 5.41) is 3.45. The van der Waals surface area contributed by atoms with Gasteiger partial charge in [0.2, 0.25) is 0 Å². The Labute approximate surface area is 149 Å². The van der Waals surface area contributed by atoms with Crippen LogP contribution < -0.4 is 4.90 Å². The van der Waals surface area contributed by atoms with Gasteiger partial charge in [-0.3, -0.25) is 0 Å². The van der Waals surface area contributed by atoms with Gasteiger partial charge in [-0.1, -0.05) is 32.9 Å². The molecule has 0 bridgehead atoms. The van der Waals surface area contributed by atoms with Gasteiger partial charge in [0, 0.05) is 24.0 Å². The van der Waals surface area contributed by atoms with Crippen LogP contribution in [-0.2, 0) is 0 Å². The van der Waals surface area contributed by atoms with Crippen molar-refractivity contribution in [2.24, 2.45) is 5.92 Å². The number of benzene rings is 1. The lowest BCUT2D eigenvalue weighted by molar-refractivity contribution is 0.438. The number of hydrogen-bond donors (Lipinski definition) is 0. The molecule has 24 heavy (non-hydrogen) atoms. The Morgan fingerprint density at radius 3 is 2.42 bits per heavy atom. The maximum atomic E-state index is 4.97. The third-order valence-corrected chi connectivity index (χ3v) is 6.92. The second-order valence-corrected chi connectivity index (χ2v) is 8.74. The summed E-state index contributed by atoms with van der Waals surface area (Å²) in [5.74, 6) is 2.24. The number of piperidine rings is 1. The van der Waals surface area contributed by atoms with E-state index in [4.69, 9.17) is 4.98 Å². The van der Waals surface area contributed by atoms with Gasteiger partial charge in [0.25, 0.3) is 0 Å². The van der Waals surface area contributed by atoms with Gasteiger partial charge in [-0.2, -0.15) is 0 Å². The van der Waals surface area contributed by atoms with E-state index in [1.54, 1.807) is 22.5 Å². The van der Waals surface area contributed by atoms with Crippen molar-refractivity contribution in [1.29, 1.82) is 0 Å². The van der Waals surface area contributed by atoms with E-state index in [1.807, 2.05) is 0 Å². The van der Waals surface area contributed by atoms with E-state index in [1.165, 1.54) is 36.4 Å². The summed E-state index contributed by atoms with van der Waals surface area (Å²) in [5.41, 5.74) is 5.55. The standard InChI is InChI=1S/C21H28N2S/c1-14-8-10-23(11-9-14)21-22-20(13-24-21)17-6-7-18-15(2)4-5-16(3)19(18)12-17/h6-7,12-16H,4-5,8-11H2,1-3H3/t15-,16+/m1/s1. The van der Waals surface area contributed by atoms with Crippen LogP contribution in [0.5, 0.6) is 0 Å². The first-order chi connectivity index (χ1) is 11.6. The van der Waals surface area contributed by atoms with Crippen molar-refractivity contribution < 1.29 is 0 Å². The van der Waals surface area contributed by atoms with Gasteiger partial charge in [0.05, 0.1) is 5.69 Å². The Morgan fingerprint density at radius 2 is 1.67 bits per heavy atom. The highest BCUT2D eigenvalue weighted by atomic mass is 32.1. The molecule has 0 saturated carbocycles. The molecule has 0 unspecified atom stereocenters. The maximum absolute atomic E-state index is 4.97. The van der Waals surface area contributed by atoms with Gasteiger partial charge in [0.15, 0.2) is 5.13 Å². The summed E-state index contributed by atoms with van der Waals surface area (Å²) < 4.78 is 0. The maximum Gasteiger partial charge on any atom is 0.185 e. The number of rotatable bonds is 2. The van der Waals surface area contributed by atoms with Gasteiger partial charge in [-0.25, -0.2) is 4.98 Å². The van der Waals surface area contributed by atoms with Crippen LogP contribution in [0.4, 0.5) is 5.13 Å². The van der Waals surface area contributed by atoms with Crippen LogP contribution in [0.3, 0.4) is 0 Å². The highest BCUT2D eigenvalue weighted by molar-refractivity contribution is 7.14. The highest BCUT2D eigenvalue weighted by Crippen LogP contribution is 2.40. The van der Waals surface area contributed by atoms with E-state index in [0.717, 1.165) is 24.7 Å². The number of anilines is 1. The molecule has 1 saturated heterocycles. The summed E-state index contributed by atoms with van der Waals surface area (Å²) in [6.07, 6.45) is 5.22. The molecule has 2 heterocycles. The predicted molar refractivity (Wildman–Crippen MR) is 104 cm³/mol. The fourth-order valence-electron chi connectivity index (χ4n) is 4.16. The molecule has 2 atom stereocenters. The third-order valence-electron chi connectivity index (χ3n) is 6.02. The molecule has 2 nitrogen and oxygen atoms in total. The summed E-state index contributed by atoms with van der Waals surface area (Å²) in [7, 11) is 0. The zero-order chi connectivity index (χ0) is 16.7. The summed E-state index contributed by atoms with van der Waals surface area (Å²) in [6, 6.07) is 7.05. The van der Waals surface area contributed by atoms with Gasteiger partial charge in [-0.15, -0.1) is 11.3 Å². The van der Waals surface area contributed by atoms with E-state index in [2.05, 4.69) is 49.3 Å². The smallest absolute Gasteiger partial charge is 0.185 e. The third kappa shape index (κ3) is 2.99. The second kappa shape index (κ2) is 6.51. The zero-order valence-electron chi connectivity index (χ0n) is 15.1. The average molecular weight is 341 g/mol. The molecule has 128 valence electrons. The number of thiazole rings is 1. The van der Waals surface area contributed by atoms with E-state index in [0.29, 0.717) is 11.8 Å². The minimum absolute atomic E-state index is 0.679. The van der Waals surface area contributed by atoms with E-state index in [-0.39, 0.29) is 0 Å². The Balaban J connectivity index is 1.60. The molecule has 0 amide bonds. The van der Waals surface area contributed by atoms with Gasteiger partial charge >= 0.3 is 0 Å². The van der Waals surface area contributed by atoms with Crippen molar-refractivity contribution in [3.63, 3.8) is 0 Å². The van der Waals surface area contributed by atoms with Crippen molar-refractivity contribution in [3.05, 3.63) is 34.7 Å². The molecule has 4 rings (SSSR count). The molecule has 1 aliphatic carbocycles. The quantitative estimate of drug-likeness (QED) is 0.662. The number of fused-ring (bicyclic) bond motifs is 1. The van der Waals surface area contributed by atoms with Crippen LogP contribution >= 0.6 is 11.3 Å². The highest BCUT2D eigenvalue weighted by Gasteiger charge is 2.23. The van der Waals surface area contributed by atoms with Crippen LogP contribution in [-0.4, -0.2) is 18.1 Å². The topological polar surface area (TPSA) is 16.1 Å². The molecule has 1 aromatic heterocycles. The monoisotopic (exact) mass is 340 g/mol. The number of aromatic nitrogens is 1. The lowest BCUT2D eigenvalue weighted by Crippen LogP contribution is -2.32. The minimum Gasteiger partial charge on any atom is -0.348 e. The summed E-state index contributed by atoms with van der Waals surface area (Å²) in [4.78, 5) is 7.44. The summed E-state index contributed by atoms with van der Waals surface area (Å²) in [6.45, 7) is 9.41. The van der Waals surface area contributed by atoms with E-state index >= 15 is 0 Å². The number of hydrogen-bond acceptors (Lipinski definition) is 3. The Kier molecular flexibility index (Phi) is 4.38. The molecule has 1 aliphatic heterocycles. The van der Waals surface area contributed by atoms with Crippen LogP contribution in [0.15, 0.2) is 23.6 Å². The van der Waals surface area contributed by atoms with Gasteiger partial charge < -0.3 is 4.90 Å². The molecular formula is C21H28N2S. The molecule has 0 spiro atoms. The lowest BCUT2D eigenvalue weighted by Gasteiger charge is -2.29. The van der Waals surface area contributed by atoms with Gasteiger partial charge in [-0.05, 0) is 60.6 Å². The SMILES string of the molecule is CC1CCN(c2nc(-c3ccc4c(c3)[C@@H](C)CC[C@H]4C)cs2)CC1. The van der Waals surface area contributed by atoms with Crippen molar-refractivity contribution in [2.45, 2.75) is 58.3 Å². The van der Waals surface area contributed by atoms with Crippen LogP contribution in [0.25, 0.3) is 11.3 Å². The van der Waals surface area contributed by atoms with Gasteiger partial charge in [0.1, 0.15) is 0 Å². The molecule has 1 aromatic carbocycles. The first-order valence-electron chi connectivity index (χ1n) is 9.46. The van der Waals surface area contributed by atoms with Crippen molar-refractivity contribution in [3.8, 4) is 11.3 Å². The molecule has 3 heteroatoms. The van der Waals surface area contributed by atoms with E-state index < -0.39 is 0 Å². The lowest BCUT2D eigenvalue weighted by atomic mass is 9.77. The largest absolute Gasteiger partial charge is 0.348 e. The van der Waals surface area contributed by atoms with Crippen molar-refractivity contribution in [1.82, 2.24) is 4.98 Å². The fourth-order valence-corrected chi connectivity index (χ4v) is 5.05. The van der Waals surface area contributed by atoms with Crippen molar-refractivity contribution >= 4 is 16.5 Å². The predicted octanol–water partition coefficient (Wildman–Crippen LogP) is 6.05. The second-order valence-electron chi connectivity index (χ2n) is 7.91. The first-order valence-corrected chi connectivity index (χ1v) is 10.3.